The average molecular weight is 433 g/mol. The summed E-state index contributed by atoms with van der Waals surface area (Å²) in [4.78, 5) is 15.5. The van der Waals surface area contributed by atoms with E-state index in [-0.39, 0.29) is 6.42 Å². The standard InChI is InChI=1S/C24H23N3O5/c1-2-30-24-19(12-22(28)29)14-27(26-24)13-17-8-10-21(11-9-17)31-15-20-16-32-23(25-20)18-6-4-3-5-7-18/h3-11,14,16H,2,12-13,15H2,1H3,(H,28,29). The molecule has 0 saturated heterocycles. The minimum Gasteiger partial charge on any atom is -0.487 e. The lowest BCUT2D eigenvalue weighted by atomic mass is 10.2. The second-order valence-corrected chi connectivity index (χ2v) is 7.10. The van der Waals surface area contributed by atoms with Crippen LogP contribution in [0.25, 0.3) is 11.5 Å². The van der Waals surface area contributed by atoms with Crippen LogP contribution in [0.15, 0.2) is 71.5 Å². The van der Waals surface area contributed by atoms with Gasteiger partial charge in [0.25, 0.3) is 0 Å². The Bertz CT molecular complexity index is 1170. The van der Waals surface area contributed by atoms with E-state index in [1.807, 2.05) is 61.5 Å². The van der Waals surface area contributed by atoms with Crippen molar-refractivity contribution >= 4 is 5.97 Å². The highest BCUT2D eigenvalue weighted by molar-refractivity contribution is 5.70. The first kappa shape index (κ1) is 21.2. The number of ether oxygens (including phenoxy) is 2. The number of hydrogen-bond acceptors (Lipinski definition) is 6. The summed E-state index contributed by atoms with van der Waals surface area (Å²) in [6, 6.07) is 17.3. The van der Waals surface area contributed by atoms with Crippen LogP contribution in [0.4, 0.5) is 0 Å². The zero-order valence-electron chi connectivity index (χ0n) is 17.6. The fourth-order valence-corrected chi connectivity index (χ4v) is 3.19. The molecule has 4 rings (SSSR count). The topological polar surface area (TPSA) is 99.6 Å². The van der Waals surface area contributed by atoms with Gasteiger partial charge in [0, 0.05) is 17.3 Å². The van der Waals surface area contributed by atoms with Crippen LogP contribution in [-0.4, -0.2) is 32.4 Å². The van der Waals surface area contributed by atoms with E-state index in [4.69, 9.17) is 19.0 Å². The largest absolute Gasteiger partial charge is 0.487 e. The zero-order chi connectivity index (χ0) is 22.3. The van der Waals surface area contributed by atoms with Crippen molar-refractivity contribution < 1.29 is 23.8 Å². The highest BCUT2D eigenvalue weighted by Gasteiger charge is 2.14. The lowest BCUT2D eigenvalue weighted by Gasteiger charge is -2.06. The monoisotopic (exact) mass is 433 g/mol. The van der Waals surface area contributed by atoms with Crippen LogP contribution in [0.3, 0.4) is 0 Å². The number of oxazole rings is 1. The molecule has 164 valence electrons. The van der Waals surface area contributed by atoms with Crippen molar-refractivity contribution in [2.75, 3.05) is 6.61 Å². The fourth-order valence-electron chi connectivity index (χ4n) is 3.19. The van der Waals surface area contributed by atoms with Crippen molar-refractivity contribution in [3.05, 3.63) is 83.9 Å². The molecule has 4 aromatic rings. The van der Waals surface area contributed by atoms with Gasteiger partial charge in [-0.3, -0.25) is 9.48 Å². The summed E-state index contributed by atoms with van der Waals surface area (Å²) in [6.07, 6.45) is 3.17. The van der Waals surface area contributed by atoms with E-state index < -0.39 is 5.97 Å². The predicted molar refractivity (Wildman–Crippen MR) is 117 cm³/mol. The second-order valence-electron chi connectivity index (χ2n) is 7.10. The van der Waals surface area contributed by atoms with Gasteiger partial charge >= 0.3 is 5.97 Å². The molecule has 0 aliphatic rings. The van der Waals surface area contributed by atoms with E-state index >= 15 is 0 Å². The molecule has 0 radical (unpaired) electrons. The summed E-state index contributed by atoms with van der Waals surface area (Å²) >= 11 is 0. The predicted octanol–water partition coefficient (Wildman–Crippen LogP) is 4.19. The maximum atomic E-state index is 11.1. The Kier molecular flexibility index (Phi) is 6.50. The van der Waals surface area contributed by atoms with Gasteiger partial charge in [0.15, 0.2) is 0 Å². The number of aliphatic carboxylic acids is 1. The molecule has 0 unspecified atom stereocenters. The molecule has 2 heterocycles. The van der Waals surface area contributed by atoms with Gasteiger partial charge in [0.2, 0.25) is 11.8 Å². The number of rotatable bonds is 10. The molecule has 0 spiro atoms. The molecule has 0 saturated carbocycles. The van der Waals surface area contributed by atoms with Crippen molar-refractivity contribution in [2.45, 2.75) is 26.5 Å². The molecular formula is C24H23N3O5. The highest BCUT2D eigenvalue weighted by atomic mass is 16.5. The summed E-state index contributed by atoms with van der Waals surface area (Å²) in [5.74, 6) is 0.708. The lowest BCUT2D eigenvalue weighted by Crippen LogP contribution is -2.02. The van der Waals surface area contributed by atoms with Crippen LogP contribution in [-0.2, 0) is 24.4 Å². The molecule has 2 aromatic carbocycles. The molecule has 0 aliphatic heterocycles. The highest BCUT2D eigenvalue weighted by Crippen LogP contribution is 2.21. The maximum absolute atomic E-state index is 11.1. The third-order valence-electron chi connectivity index (χ3n) is 4.65. The molecule has 0 bridgehead atoms. The summed E-state index contributed by atoms with van der Waals surface area (Å²) < 4.78 is 18.5. The number of hydrogen-bond donors (Lipinski definition) is 1. The number of carboxylic acids is 1. The average Bonchev–Trinajstić information content (AvgIpc) is 3.41. The third-order valence-corrected chi connectivity index (χ3v) is 4.65. The quantitative estimate of drug-likeness (QED) is 0.400. The molecule has 8 heteroatoms. The molecule has 32 heavy (non-hydrogen) atoms. The lowest BCUT2D eigenvalue weighted by molar-refractivity contribution is -0.136. The Morgan fingerprint density at radius 3 is 2.59 bits per heavy atom. The van der Waals surface area contributed by atoms with Crippen molar-refractivity contribution in [3.8, 4) is 23.1 Å². The molecule has 2 aromatic heterocycles. The van der Waals surface area contributed by atoms with Crippen LogP contribution in [0.2, 0.25) is 0 Å². The summed E-state index contributed by atoms with van der Waals surface area (Å²) in [7, 11) is 0. The number of nitrogens with zero attached hydrogens (tertiary/aromatic N) is 3. The number of carboxylic acid groups (broad SMARTS) is 1. The molecule has 8 nitrogen and oxygen atoms in total. The maximum Gasteiger partial charge on any atom is 0.308 e. The van der Waals surface area contributed by atoms with Gasteiger partial charge in [0.1, 0.15) is 24.3 Å². The SMILES string of the molecule is CCOc1nn(Cc2ccc(OCc3coc(-c4ccccc4)n3)cc2)cc1CC(=O)O. The van der Waals surface area contributed by atoms with E-state index in [9.17, 15) is 4.79 Å². The van der Waals surface area contributed by atoms with E-state index in [0.29, 0.717) is 48.5 Å². The van der Waals surface area contributed by atoms with Gasteiger partial charge in [-0.1, -0.05) is 30.3 Å². The normalized spacial score (nSPS) is 10.8. The number of benzene rings is 2. The van der Waals surface area contributed by atoms with Crippen molar-refractivity contribution in [3.63, 3.8) is 0 Å². The Morgan fingerprint density at radius 2 is 1.88 bits per heavy atom. The fraction of sp³-hybridized carbons (Fsp3) is 0.208. The van der Waals surface area contributed by atoms with E-state index in [1.165, 1.54) is 0 Å². The van der Waals surface area contributed by atoms with Gasteiger partial charge < -0.3 is 19.0 Å². The van der Waals surface area contributed by atoms with E-state index in [0.717, 1.165) is 11.1 Å². The summed E-state index contributed by atoms with van der Waals surface area (Å²) in [5.41, 5.74) is 3.18. The van der Waals surface area contributed by atoms with Gasteiger partial charge in [-0.05, 0) is 36.8 Å². The van der Waals surface area contributed by atoms with Crippen LogP contribution in [0.1, 0.15) is 23.7 Å². The minimum atomic E-state index is -0.921. The molecule has 1 N–H and O–H groups in total. The smallest absolute Gasteiger partial charge is 0.308 e. The Morgan fingerprint density at radius 1 is 1.09 bits per heavy atom. The van der Waals surface area contributed by atoms with Gasteiger partial charge in [0.05, 0.1) is 19.6 Å². The van der Waals surface area contributed by atoms with Crippen LogP contribution in [0, 0.1) is 0 Å². The number of carbonyl (C=O) groups is 1. The summed E-state index contributed by atoms with van der Waals surface area (Å²) in [6.45, 7) is 3.05. The third kappa shape index (κ3) is 5.34. The Balaban J connectivity index is 1.35. The van der Waals surface area contributed by atoms with Crippen LogP contribution in [0.5, 0.6) is 11.6 Å². The van der Waals surface area contributed by atoms with Crippen molar-refractivity contribution in [1.82, 2.24) is 14.8 Å². The first-order valence-electron chi connectivity index (χ1n) is 10.2. The van der Waals surface area contributed by atoms with E-state index in [2.05, 4.69) is 10.1 Å². The zero-order valence-corrected chi connectivity index (χ0v) is 17.6. The molecule has 0 atom stereocenters. The minimum absolute atomic E-state index is 0.129. The van der Waals surface area contributed by atoms with Gasteiger partial charge in [-0.15, -0.1) is 5.10 Å². The van der Waals surface area contributed by atoms with Crippen LogP contribution >= 0.6 is 0 Å². The van der Waals surface area contributed by atoms with E-state index in [1.54, 1.807) is 17.1 Å². The van der Waals surface area contributed by atoms with Crippen molar-refractivity contribution in [2.24, 2.45) is 0 Å². The van der Waals surface area contributed by atoms with Crippen LogP contribution < -0.4 is 9.47 Å². The Hall–Kier alpha value is -4.07. The Labute approximate surface area is 185 Å². The molecule has 0 amide bonds. The summed E-state index contributed by atoms with van der Waals surface area (Å²) in [5, 5.41) is 13.4. The molecule has 0 aliphatic carbocycles. The first-order chi connectivity index (χ1) is 15.6. The van der Waals surface area contributed by atoms with Gasteiger partial charge in [-0.2, -0.15) is 0 Å². The first-order valence-corrected chi connectivity index (χ1v) is 10.2. The van der Waals surface area contributed by atoms with Crippen molar-refractivity contribution in [1.29, 1.82) is 0 Å². The molecule has 0 fully saturated rings. The number of aromatic nitrogens is 3. The molecular weight excluding hydrogens is 410 g/mol. The van der Waals surface area contributed by atoms with Gasteiger partial charge in [-0.25, -0.2) is 4.98 Å². The second kappa shape index (κ2) is 9.82.